The Bertz CT molecular complexity index is 808. The second-order valence-electron chi connectivity index (χ2n) is 6.08. The van der Waals surface area contributed by atoms with Gasteiger partial charge in [-0.05, 0) is 36.4 Å². The summed E-state index contributed by atoms with van der Waals surface area (Å²) in [6.07, 6.45) is 3.60. The van der Waals surface area contributed by atoms with E-state index in [0.717, 1.165) is 34.1 Å². The summed E-state index contributed by atoms with van der Waals surface area (Å²) in [5, 5.41) is 0. The summed E-state index contributed by atoms with van der Waals surface area (Å²) in [6, 6.07) is 9.32. The van der Waals surface area contributed by atoms with Crippen molar-refractivity contribution in [3.63, 3.8) is 0 Å². The summed E-state index contributed by atoms with van der Waals surface area (Å²) in [5.74, 6) is 0. The van der Waals surface area contributed by atoms with Gasteiger partial charge < -0.3 is 10.6 Å². The van der Waals surface area contributed by atoms with Crippen LogP contribution in [0.25, 0.3) is 11.1 Å². The number of pyridine rings is 1. The van der Waals surface area contributed by atoms with Gasteiger partial charge in [0.05, 0.1) is 5.69 Å². The van der Waals surface area contributed by atoms with E-state index in [4.69, 9.17) is 5.73 Å². The minimum atomic E-state index is -3.53. The van der Waals surface area contributed by atoms with Gasteiger partial charge in [-0.15, -0.1) is 0 Å². The van der Waals surface area contributed by atoms with Gasteiger partial charge in [-0.25, -0.2) is 0 Å². The first-order valence-corrected chi connectivity index (χ1v) is 9.39. The Hall–Kier alpha value is -2.00. The van der Waals surface area contributed by atoms with Crippen LogP contribution in [-0.4, -0.2) is 56.8 Å². The van der Waals surface area contributed by atoms with E-state index in [9.17, 15) is 8.42 Å². The molecule has 136 valence electrons. The summed E-state index contributed by atoms with van der Waals surface area (Å²) in [7, 11) is 1.45. The molecule has 0 unspecified atom stereocenters. The number of nitrogens with one attached hydrogen (secondary N) is 1. The Balaban J connectivity index is 2.23. The minimum absolute atomic E-state index is 0.511. The molecule has 2 rings (SSSR count). The second kappa shape index (κ2) is 8.39. The molecule has 25 heavy (non-hydrogen) atoms. The van der Waals surface area contributed by atoms with Gasteiger partial charge in [-0.1, -0.05) is 12.1 Å². The molecule has 0 radical (unpaired) electrons. The molecule has 1 heterocycles. The summed E-state index contributed by atoms with van der Waals surface area (Å²) >= 11 is 0. The highest BCUT2D eigenvalue weighted by atomic mass is 32.2. The highest BCUT2D eigenvalue weighted by molar-refractivity contribution is 7.90. The number of rotatable bonds is 8. The van der Waals surface area contributed by atoms with Gasteiger partial charge in [-0.3, -0.25) is 9.71 Å². The fraction of sp³-hybridized carbons (Fsp3) is 0.353. The van der Waals surface area contributed by atoms with E-state index < -0.39 is 10.2 Å². The molecule has 0 fully saturated rings. The van der Waals surface area contributed by atoms with Gasteiger partial charge >= 0.3 is 10.2 Å². The number of hydrogen-bond donors (Lipinski definition) is 2. The number of likely N-dealkylation sites (N-methyl/N-ethyl adjacent to an activating group) is 1. The summed E-state index contributed by atoms with van der Waals surface area (Å²) in [6.45, 7) is 2.18. The van der Waals surface area contributed by atoms with Crippen LogP contribution in [0.2, 0.25) is 0 Å². The number of aromatic nitrogens is 1. The lowest BCUT2D eigenvalue weighted by molar-refractivity contribution is 0.336. The molecule has 3 N–H and O–H groups in total. The van der Waals surface area contributed by atoms with Crippen LogP contribution >= 0.6 is 0 Å². The van der Waals surface area contributed by atoms with Crippen LogP contribution in [0, 0.1) is 0 Å². The topological polar surface area (TPSA) is 91.6 Å². The third-order valence-electron chi connectivity index (χ3n) is 3.68. The van der Waals surface area contributed by atoms with Gasteiger partial charge in [0.1, 0.15) is 0 Å². The SMILES string of the molecule is CN(CCN)Cc1cncc(-c2cccc(NS(=O)(=O)N(C)C)c2)c1. The molecule has 0 aliphatic heterocycles. The van der Waals surface area contributed by atoms with Gasteiger partial charge in [-0.2, -0.15) is 12.7 Å². The zero-order chi connectivity index (χ0) is 18.4. The maximum atomic E-state index is 12.0. The first kappa shape index (κ1) is 19.3. The fourth-order valence-electron chi connectivity index (χ4n) is 2.35. The zero-order valence-electron chi connectivity index (χ0n) is 14.8. The van der Waals surface area contributed by atoms with Crippen molar-refractivity contribution in [2.75, 3.05) is 39.0 Å². The molecular weight excluding hydrogens is 338 g/mol. The van der Waals surface area contributed by atoms with E-state index in [0.29, 0.717) is 12.2 Å². The maximum Gasteiger partial charge on any atom is 0.301 e. The number of hydrogen-bond acceptors (Lipinski definition) is 5. The predicted molar refractivity (Wildman–Crippen MR) is 101 cm³/mol. The number of anilines is 1. The van der Waals surface area contributed by atoms with Crippen molar-refractivity contribution < 1.29 is 8.42 Å². The van der Waals surface area contributed by atoms with Gasteiger partial charge in [0.2, 0.25) is 0 Å². The molecule has 0 amide bonds. The molecule has 1 aromatic heterocycles. The predicted octanol–water partition coefficient (Wildman–Crippen LogP) is 1.36. The lowest BCUT2D eigenvalue weighted by Crippen LogP contribution is -2.28. The highest BCUT2D eigenvalue weighted by Crippen LogP contribution is 2.24. The normalized spacial score (nSPS) is 11.9. The van der Waals surface area contributed by atoms with Crippen molar-refractivity contribution >= 4 is 15.9 Å². The molecule has 0 saturated heterocycles. The molecule has 0 atom stereocenters. The molecule has 7 nitrogen and oxygen atoms in total. The lowest BCUT2D eigenvalue weighted by atomic mass is 10.1. The Morgan fingerprint density at radius 2 is 1.88 bits per heavy atom. The van der Waals surface area contributed by atoms with Gasteiger partial charge in [0.15, 0.2) is 0 Å². The van der Waals surface area contributed by atoms with Crippen molar-refractivity contribution in [1.29, 1.82) is 0 Å². The summed E-state index contributed by atoms with van der Waals surface area (Å²) in [5.41, 5.74) is 9.00. The van der Waals surface area contributed by atoms with E-state index in [1.54, 1.807) is 18.3 Å². The molecule has 0 aliphatic rings. The van der Waals surface area contributed by atoms with Crippen LogP contribution in [0.15, 0.2) is 42.7 Å². The number of benzene rings is 1. The van der Waals surface area contributed by atoms with Crippen molar-refractivity contribution in [3.05, 3.63) is 48.3 Å². The maximum absolute atomic E-state index is 12.0. The molecular formula is C17H25N5O2S. The van der Waals surface area contributed by atoms with Gasteiger partial charge in [0, 0.05) is 51.7 Å². The van der Waals surface area contributed by atoms with Crippen LogP contribution < -0.4 is 10.5 Å². The first-order valence-electron chi connectivity index (χ1n) is 7.95. The monoisotopic (exact) mass is 363 g/mol. The standard InChI is InChI=1S/C17H25N5O2S/c1-21(2)25(23,24)20-17-6-4-5-15(10-17)16-9-14(11-19-12-16)13-22(3)8-7-18/h4-6,9-12,20H,7-8,13,18H2,1-3H3. The molecule has 0 spiro atoms. The van der Waals surface area contributed by atoms with Gasteiger partial charge in [0.25, 0.3) is 0 Å². The molecule has 0 saturated carbocycles. The molecule has 0 aliphatic carbocycles. The van der Waals surface area contributed by atoms with E-state index in [2.05, 4.69) is 20.7 Å². The van der Waals surface area contributed by atoms with Crippen molar-refractivity contribution in [3.8, 4) is 11.1 Å². The third-order valence-corrected chi connectivity index (χ3v) is 5.14. The van der Waals surface area contributed by atoms with Crippen LogP contribution in [0.4, 0.5) is 5.69 Å². The Kier molecular flexibility index (Phi) is 6.49. The molecule has 2 aromatic rings. The molecule has 1 aromatic carbocycles. The number of nitrogens with two attached hydrogens (primary N) is 1. The van der Waals surface area contributed by atoms with Crippen LogP contribution in [-0.2, 0) is 16.8 Å². The summed E-state index contributed by atoms with van der Waals surface area (Å²) < 4.78 is 27.6. The summed E-state index contributed by atoms with van der Waals surface area (Å²) in [4.78, 5) is 6.43. The quantitative estimate of drug-likeness (QED) is 0.739. The number of nitrogens with zero attached hydrogens (tertiary/aromatic N) is 3. The smallest absolute Gasteiger partial charge is 0.301 e. The average molecular weight is 363 g/mol. The van der Waals surface area contributed by atoms with Crippen LogP contribution in [0.3, 0.4) is 0 Å². The van der Waals surface area contributed by atoms with Crippen LogP contribution in [0.5, 0.6) is 0 Å². The van der Waals surface area contributed by atoms with Crippen molar-refractivity contribution in [1.82, 2.24) is 14.2 Å². The van der Waals surface area contributed by atoms with E-state index in [-0.39, 0.29) is 0 Å². The molecule has 0 bridgehead atoms. The van der Waals surface area contributed by atoms with Crippen molar-refractivity contribution in [2.45, 2.75) is 6.54 Å². The van der Waals surface area contributed by atoms with E-state index in [1.165, 1.54) is 14.1 Å². The Morgan fingerprint density at radius 1 is 1.12 bits per heavy atom. The van der Waals surface area contributed by atoms with Crippen LogP contribution in [0.1, 0.15) is 5.56 Å². The largest absolute Gasteiger partial charge is 0.329 e. The average Bonchev–Trinajstić information content (AvgIpc) is 2.55. The Morgan fingerprint density at radius 3 is 2.56 bits per heavy atom. The van der Waals surface area contributed by atoms with Crippen molar-refractivity contribution in [2.24, 2.45) is 5.73 Å². The fourth-order valence-corrected chi connectivity index (χ4v) is 2.95. The minimum Gasteiger partial charge on any atom is -0.329 e. The second-order valence-corrected chi connectivity index (χ2v) is 7.96. The van der Waals surface area contributed by atoms with E-state index >= 15 is 0 Å². The lowest BCUT2D eigenvalue weighted by Gasteiger charge is -2.16. The highest BCUT2D eigenvalue weighted by Gasteiger charge is 2.13. The van der Waals surface area contributed by atoms with E-state index in [1.807, 2.05) is 25.4 Å². The first-order chi connectivity index (χ1) is 11.8. The third kappa shape index (κ3) is 5.50. The zero-order valence-corrected chi connectivity index (χ0v) is 15.6. The molecule has 8 heteroatoms. The Labute approximate surface area is 149 Å².